The van der Waals surface area contributed by atoms with E-state index >= 15 is 0 Å². The quantitative estimate of drug-likeness (QED) is 0.288. The fourth-order valence-electron chi connectivity index (χ4n) is 3.93. The molecule has 6 nitrogen and oxygen atoms in total. The molecular weight excluding hydrogens is 505 g/mol. The number of carbonyl (C=O) groups is 2. The van der Waals surface area contributed by atoms with E-state index in [1.54, 1.807) is 48.8 Å². The van der Waals surface area contributed by atoms with Gasteiger partial charge in [0.2, 0.25) is 5.91 Å². The molecule has 8 heteroatoms. The Balaban J connectivity index is 1.61. The van der Waals surface area contributed by atoms with Gasteiger partial charge in [-0.25, -0.2) is 4.39 Å². The van der Waals surface area contributed by atoms with Crippen molar-refractivity contribution in [1.29, 1.82) is 0 Å². The summed E-state index contributed by atoms with van der Waals surface area (Å²) in [7, 11) is 0. The highest BCUT2D eigenvalue weighted by Gasteiger charge is 2.30. The molecule has 1 atom stereocenters. The van der Waals surface area contributed by atoms with E-state index in [9.17, 15) is 14.0 Å². The van der Waals surface area contributed by atoms with Crippen molar-refractivity contribution in [3.63, 3.8) is 0 Å². The Kier molecular flexibility index (Phi) is 9.43. The van der Waals surface area contributed by atoms with E-state index in [4.69, 9.17) is 16.3 Å². The lowest BCUT2D eigenvalue weighted by Gasteiger charge is -2.31. The van der Waals surface area contributed by atoms with Crippen molar-refractivity contribution >= 4 is 23.4 Å². The zero-order valence-corrected chi connectivity index (χ0v) is 21.4. The molecule has 0 saturated heterocycles. The lowest BCUT2D eigenvalue weighted by atomic mass is 10.0. The van der Waals surface area contributed by atoms with Crippen LogP contribution in [-0.4, -0.2) is 34.3 Å². The average Bonchev–Trinajstić information content (AvgIpc) is 2.95. The van der Waals surface area contributed by atoms with E-state index in [0.29, 0.717) is 16.3 Å². The van der Waals surface area contributed by atoms with Crippen LogP contribution in [0.3, 0.4) is 0 Å². The molecule has 2 amide bonds. The Morgan fingerprint density at radius 1 is 0.868 bits per heavy atom. The molecular formula is C30H27ClFN3O3. The molecule has 1 aromatic heterocycles. The molecule has 0 saturated carbocycles. The number of benzene rings is 3. The third-order valence-corrected chi connectivity index (χ3v) is 6.25. The van der Waals surface area contributed by atoms with Crippen molar-refractivity contribution in [3.05, 3.63) is 131 Å². The largest absolute Gasteiger partial charge is 0.482 e. The van der Waals surface area contributed by atoms with E-state index in [2.05, 4.69) is 10.3 Å². The summed E-state index contributed by atoms with van der Waals surface area (Å²) in [6.45, 7) is 0.0420. The van der Waals surface area contributed by atoms with E-state index < -0.39 is 11.9 Å². The van der Waals surface area contributed by atoms with Crippen molar-refractivity contribution < 1.29 is 18.7 Å². The van der Waals surface area contributed by atoms with E-state index in [1.165, 1.54) is 17.0 Å². The minimum absolute atomic E-state index is 0.0885. The number of hydrogen-bond acceptors (Lipinski definition) is 4. The zero-order valence-electron chi connectivity index (χ0n) is 20.6. The molecule has 0 bridgehead atoms. The average molecular weight is 532 g/mol. The Labute approximate surface area is 226 Å². The van der Waals surface area contributed by atoms with Crippen LogP contribution in [0.4, 0.5) is 4.39 Å². The SMILES string of the molecule is O=C(NCc1ccncc1)C(Cc1ccccc1)N(Cc1ccc(F)cc1)C(=O)COc1ccccc1Cl. The summed E-state index contributed by atoms with van der Waals surface area (Å²) >= 11 is 6.20. The minimum Gasteiger partial charge on any atom is -0.482 e. The second-order valence-corrected chi connectivity index (χ2v) is 9.05. The maximum absolute atomic E-state index is 13.6. The number of pyridine rings is 1. The lowest BCUT2D eigenvalue weighted by Crippen LogP contribution is -2.51. The summed E-state index contributed by atoms with van der Waals surface area (Å²) in [5.41, 5.74) is 2.45. The van der Waals surface area contributed by atoms with Crippen LogP contribution in [0.25, 0.3) is 0 Å². The number of nitrogens with one attached hydrogen (secondary N) is 1. The van der Waals surface area contributed by atoms with Gasteiger partial charge in [-0.2, -0.15) is 0 Å². The highest BCUT2D eigenvalue weighted by molar-refractivity contribution is 6.32. The molecule has 0 spiro atoms. The molecule has 0 aliphatic carbocycles. The normalized spacial score (nSPS) is 11.4. The molecule has 1 heterocycles. The second-order valence-electron chi connectivity index (χ2n) is 8.65. The molecule has 0 fully saturated rings. The number of halogens is 2. The Hall–Kier alpha value is -4.23. The molecule has 3 aromatic carbocycles. The fraction of sp³-hybridized carbons (Fsp3) is 0.167. The Morgan fingerprint density at radius 2 is 1.55 bits per heavy atom. The van der Waals surface area contributed by atoms with Crippen LogP contribution in [0.5, 0.6) is 5.75 Å². The summed E-state index contributed by atoms with van der Waals surface area (Å²) in [5.74, 6) is -0.747. The van der Waals surface area contributed by atoms with Gasteiger partial charge in [-0.1, -0.05) is 66.2 Å². The van der Waals surface area contributed by atoms with Gasteiger partial charge in [0.05, 0.1) is 5.02 Å². The summed E-state index contributed by atoms with van der Waals surface area (Å²) in [6, 6.07) is 24.9. The first-order chi connectivity index (χ1) is 18.5. The highest BCUT2D eigenvalue weighted by Crippen LogP contribution is 2.23. The number of nitrogens with zero attached hydrogens (tertiary/aromatic N) is 2. The molecule has 194 valence electrons. The van der Waals surface area contributed by atoms with Gasteiger partial charge in [-0.05, 0) is 53.1 Å². The predicted octanol–water partition coefficient (Wildman–Crippen LogP) is 5.21. The molecule has 1 N–H and O–H groups in total. The summed E-state index contributed by atoms with van der Waals surface area (Å²) in [5, 5.41) is 3.33. The minimum atomic E-state index is -0.855. The van der Waals surface area contributed by atoms with E-state index in [1.807, 2.05) is 42.5 Å². The zero-order chi connectivity index (χ0) is 26.7. The summed E-state index contributed by atoms with van der Waals surface area (Å²) < 4.78 is 19.3. The third kappa shape index (κ3) is 7.63. The Bertz CT molecular complexity index is 1340. The van der Waals surface area contributed by atoms with Gasteiger partial charge < -0.3 is 15.0 Å². The predicted molar refractivity (Wildman–Crippen MR) is 144 cm³/mol. The van der Waals surface area contributed by atoms with Crippen LogP contribution in [0.2, 0.25) is 5.02 Å². The fourth-order valence-corrected chi connectivity index (χ4v) is 4.12. The van der Waals surface area contributed by atoms with Gasteiger partial charge in [0.25, 0.3) is 5.91 Å². The van der Waals surface area contributed by atoms with Crippen LogP contribution in [0.1, 0.15) is 16.7 Å². The smallest absolute Gasteiger partial charge is 0.261 e. The maximum atomic E-state index is 13.6. The van der Waals surface area contributed by atoms with Gasteiger partial charge in [0, 0.05) is 31.9 Å². The van der Waals surface area contributed by atoms with E-state index in [-0.39, 0.29) is 37.8 Å². The van der Waals surface area contributed by atoms with Gasteiger partial charge in [-0.15, -0.1) is 0 Å². The number of amides is 2. The molecule has 38 heavy (non-hydrogen) atoms. The molecule has 1 unspecified atom stereocenters. The lowest BCUT2D eigenvalue weighted by molar-refractivity contribution is -0.142. The number of ether oxygens (including phenoxy) is 1. The van der Waals surface area contributed by atoms with Gasteiger partial charge in [0.15, 0.2) is 6.61 Å². The number of aromatic nitrogens is 1. The maximum Gasteiger partial charge on any atom is 0.261 e. The van der Waals surface area contributed by atoms with Crippen LogP contribution in [0, 0.1) is 5.82 Å². The first-order valence-electron chi connectivity index (χ1n) is 12.1. The topological polar surface area (TPSA) is 71.5 Å². The van der Waals surface area contributed by atoms with Crippen molar-refractivity contribution in [2.75, 3.05) is 6.61 Å². The van der Waals surface area contributed by atoms with Crippen LogP contribution in [-0.2, 0) is 29.1 Å². The second kappa shape index (κ2) is 13.4. The highest BCUT2D eigenvalue weighted by atomic mass is 35.5. The molecule has 0 aliphatic rings. The summed E-state index contributed by atoms with van der Waals surface area (Å²) in [4.78, 5) is 32.7. The van der Waals surface area contributed by atoms with Crippen molar-refractivity contribution in [1.82, 2.24) is 15.2 Å². The number of hydrogen-bond donors (Lipinski definition) is 1. The number of rotatable bonds is 11. The van der Waals surface area contributed by atoms with Crippen LogP contribution < -0.4 is 10.1 Å². The molecule has 0 radical (unpaired) electrons. The molecule has 4 rings (SSSR count). The number of para-hydroxylation sites is 1. The van der Waals surface area contributed by atoms with Crippen molar-refractivity contribution in [2.24, 2.45) is 0 Å². The Morgan fingerprint density at radius 3 is 2.26 bits per heavy atom. The monoisotopic (exact) mass is 531 g/mol. The van der Waals surface area contributed by atoms with Gasteiger partial charge in [-0.3, -0.25) is 14.6 Å². The first-order valence-corrected chi connectivity index (χ1v) is 12.5. The standard InChI is InChI=1S/C30H27ClFN3O3/c31-26-8-4-5-9-28(26)38-21-29(36)35(20-24-10-12-25(32)13-11-24)27(18-22-6-2-1-3-7-22)30(37)34-19-23-14-16-33-17-15-23/h1-17,27H,18-21H2,(H,34,37). The van der Waals surface area contributed by atoms with Crippen molar-refractivity contribution in [2.45, 2.75) is 25.6 Å². The van der Waals surface area contributed by atoms with Gasteiger partial charge >= 0.3 is 0 Å². The third-order valence-electron chi connectivity index (χ3n) is 5.94. The van der Waals surface area contributed by atoms with Crippen molar-refractivity contribution in [3.8, 4) is 5.75 Å². The van der Waals surface area contributed by atoms with E-state index in [0.717, 1.165) is 11.1 Å². The first kappa shape index (κ1) is 26.8. The summed E-state index contributed by atoms with van der Waals surface area (Å²) in [6.07, 6.45) is 3.58. The van der Waals surface area contributed by atoms with Gasteiger partial charge in [0.1, 0.15) is 17.6 Å². The van der Waals surface area contributed by atoms with Crippen LogP contribution in [0.15, 0.2) is 103 Å². The number of carbonyl (C=O) groups excluding carboxylic acids is 2. The molecule has 4 aromatic rings. The van der Waals surface area contributed by atoms with Crippen LogP contribution >= 0.6 is 11.6 Å². The molecule has 0 aliphatic heterocycles.